The van der Waals surface area contributed by atoms with E-state index in [0.717, 1.165) is 75.5 Å². The Morgan fingerprint density at radius 2 is 1.78 bits per heavy atom. The molecular weight excluding hydrogens is 445 g/mol. The summed E-state index contributed by atoms with van der Waals surface area (Å²) in [4.78, 5) is 7.61. The van der Waals surface area contributed by atoms with E-state index in [9.17, 15) is 0 Å². The minimum Gasteiger partial charge on any atom is -0.374 e. The summed E-state index contributed by atoms with van der Waals surface area (Å²) in [7, 11) is 0. The molecule has 1 unspecified atom stereocenters. The molecule has 3 aliphatic rings. The summed E-state index contributed by atoms with van der Waals surface area (Å²) < 4.78 is 6.15. The van der Waals surface area contributed by atoms with Crippen LogP contribution in [0.2, 0.25) is 10.0 Å². The van der Waals surface area contributed by atoms with Crippen molar-refractivity contribution in [1.82, 2.24) is 20.0 Å². The van der Waals surface area contributed by atoms with Gasteiger partial charge in [-0.05, 0) is 25.0 Å². The number of rotatable bonds is 5. The van der Waals surface area contributed by atoms with E-state index >= 15 is 0 Å². The van der Waals surface area contributed by atoms with Crippen LogP contribution in [0.25, 0.3) is 11.3 Å². The number of halogens is 2. The van der Waals surface area contributed by atoms with E-state index in [1.165, 1.54) is 32.1 Å². The van der Waals surface area contributed by atoms with E-state index in [0.29, 0.717) is 16.1 Å². The highest BCUT2D eigenvalue weighted by Gasteiger charge is 2.29. The van der Waals surface area contributed by atoms with Gasteiger partial charge in [-0.1, -0.05) is 48.5 Å². The smallest absolute Gasteiger partial charge is 0.151 e. The molecule has 1 aliphatic carbocycles. The SMILES string of the molecule is Clc1ccc(-c2cc(N3CCN(CC4CN(C5CCCCC5)CCO4)CC3)n[nH]2)cc1Cl. The second kappa shape index (κ2) is 10.3. The number of hydrogen-bond donors (Lipinski definition) is 1. The number of H-pyrrole nitrogens is 1. The lowest BCUT2D eigenvalue weighted by Gasteiger charge is -2.42. The van der Waals surface area contributed by atoms with Crippen LogP contribution < -0.4 is 4.90 Å². The van der Waals surface area contributed by atoms with Crippen LogP contribution in [0.15, 0.2) is 24.3 Å². The molecule has 1 N–H and O–H groups in total. The molecule has 0 spiro atoms. The zero-order valence-electron chi connectivity index (χ0n) is 18.6. The molecule has 174 valence electrons. The number of aromatic amines is 1. The predicted molar refractivity (Wildman–Crippen MR) is 131 cm³/mol. The van der Waals surface area contributed by atoms with Gasteiger partial charge in [-0.3, -0.25) is 14.9 Å². The molecular formula is C24H33Cl2N5O. The maximum atomic E-state index is 6.17. The first-order chi connectivity index (χ1) is 15.7. The Hall–Kier alpha value is -1.31. The summed E-state index contributed by atoms with van der Waals surface area (Å²) in [6.45, 7) is 8.15. The Labute approximate surface area is 200 Å². The van der Waals surface area contributed by atoms with Gasteiger partial charge in [0.25, 0.3) is 0 Å². The third-order valence-electron chi connectivity index (χ3n) is 7.21. The van der Waals surface area contributed by atoms with Crippen molar-refractivity contribution in [2.24, 2.45) is 0 Å². The zero-order chi connectivity index (χ0) is 21.9. The molecule has 1 aromatic heterocycles. The average Bonchev–Trinajstić information content (AvgIpc) is 3.32. The summed E-state index contributed by atoms with van der Waals surface area (Å²) in [5.41, 5.74) is 1.95. The molecule has 5 rings (SSSR count). The monoisotopic (exact) mass is 477 g/mol. The van der Waals surface area contributed by atoms with Gasteiger partial charge < -0.3 is 9.64 Å². The van der Waals surface area contributed by atoms with Crippen LogP contribution in [-0.4, -0.2) is 84.6 Å². The number of nitrogens with zero attached hydrogens (tertiary/aromatic N) is 4. The molecule has 1 atom stereocenters. The van der Waals surface area contributed by atoms with Gasteiger partial charge in [-0.25, -0.2) is 0 Å². The van der Waals surface area contributed by atoms with Gasteiger partial charge in [0, 0.05) is 63.5 Å². The second-order valence-electron chi connectivity index (χ2n) is 9.34. The Morgan fingerprint density at radius 1 is 0.969 bits per heavy atom. The number of morpholine rings is 1. The zero-order valence-corrected chi connectivity index (χ0v) is 20.1. The second-order valence-corrected chi connectivity index (χ2v) is 10.2. The number of piperazine rings is 1. The third-order valence-corrected chi connectivity index (χ3v) is 7.95. The van der Waals surface area contributed by atoms with Crippen LogP contribution in [0.5, 0.6) is 0 Å². The number of benzene rings is 1. The van der Waals surface area contributed by atoms with Gasteiger partial charge in [0.15, 0.2) is 5.82 Å². The van der Waals surface area contributed by atoms with Crippen LogP contribution in [-0.2, 0) is 4.74 Å². The molecule has 0 amide bonds. The van der Waals surface area contributed by atoms with Gasteiger partial charge in [0.05, 0.1) is 28.5 Å². The predicted octanol–water partition coefficient (Wildman–Crippen LogP) is 4.54. The summed E-state index contributed by atoms with van der Waals surface area (Å²) in [6.07, 6.45) is 7.30. The quantitative estimate of drug-likeness (QED) is 0.684. The van der Waals surface area contributed by atoms with Gasteiger partial charge in [0.1, 0.15) is 0 Å². The molecule has 32 heavy (non-hydrogen) atoms. The fourth-order valence-electron chi connectivity index (χ4n) is 5.36. The highest BCUT2D eigenvalue weighted by atomic mass is 35.5. The molecule has 0 bridgehead atoms. The lowest BCUT2D eigenvalue weighted by Crippen LogP contribution is -2.54. The first-order valence-electron chi connectivity index (χ1n) is 12.0. The van der Waals surface area contributed by atoms with Crippen molar-refractivity contribution < 1.29 is 4.74 Å². The standard InChI is InChI=1S/C24H33Cl2N5O/c25-21-7-6-18(14-22(21)26)23-15-24(28-27-23)30-10-8-29(9-11-30)16-20-17-31(12-13-32-20)19-4-2-1-3-5-19/h6-7,14-15,19-20H,1-5,8-13,16-17H2,(H,27,28). The van der Waals surface area contributed by atoms with Crippen molar-refractivity contribution in [1.29, 1.82) is 0 Å². The van der Waals surface area contributed by atoms with E-state index in [2.05, 4.69) is 31.0 Å². The Morgan fingerprint density at radius 3 is 2.56 bits per heavy atom. The fourth-order valence-corrected chi connectivity index (χ4v) is 5.66. The minimum absolute atomic E-state index is 0.337. The van der Waals surface area contributed by atoms with Crippen molar-refractivity contribution in [3.63, 3.8) is 0 Å². The number of anilines is 1. The molecule has 2 aromatic rings. The van der Waals surface area contributed by atoms with Crippen LogP contribution in [0.3, 0.4) is 0 Å². The van der Waals surface area contributed by atoms with Crippen LogP contribution in [0.1, 0.15) is 32.1 Å². The topological polar surface area (TPSA) is 47.6 Å². The Balaban J connectivity index is 1.12. The van der Waals surface area contributed by atoms with Crippen molar-refractivity contribution in [3.8, 4) is 11.3 Å². The molecule has 3 heterocycles. The normalized spacial score (nSPS) is 24.2. The van der Waals surface area contributed by atoms with E-state index in [4.69, 9.17) is 27.9 Å². The Bertz CT molecular complexity index is 892. The molecule has 1 saturated carbocycles. The largest absolute Gasteiger partial charge is 0.374 e. The number of hydrogen-bond acceptors (Lipinski definition) is 5. The number of nitrogens with one attached hydrogen (secondary N) is 1. The van der Waals surface area contributed by atoms with E-state index < -0.39 is 0 Å². The average molecular weight is 478 g/mol. The maximum Gasteiger partial charge on any atom is 0.151 e. The summed E-state index contributed by atoms with van der Waals surface area (Å²) >= 11 is 12.2. The first kappa shape index (κ1) is 22.5. The fraction of sp³-hybridized carbons (Fsp3) is 0.625. The number of ether oxygens (including phenoxy) is 1. The number of aromatic nitrogens is 2. The van der Waals surface area contributed by atoms with Gasteiger partial charge in [-0.15, -0.1) is 0 Å². The van der Waals surface area contributed by atoms with Gasteiger partial charge in [0.2, 0.25) is 0 Å². The summed E-state index contributed by atoms with van der Waals surface area (Å²) in [6, 6.07) is 8.55. The molecule has 3 fully saturated rings. The van der Waals surface area contributed by atoms with Crippen molar-refractivity contribution in [3.05, 3.63) is 34.3 Å². The van der Waals surface area contributed by atoms with Crippen molar-refractivity contribution >= 4 is 29.0 Å². The van der Waals surface area contributed by atoms with E-state index in [1.807, 2.05) is 18.2 Å². The molecule has 2 saturated heterocycles. The lowest BCUT2D eigenvalue weighted by molar-refractivity contribution is -0.0606. The maximum absolute atomic E-state index is 6.17. The minimum atomic E-state index is 0.337. The van der Waals surface area contributed by atoms with Crippen LogP contribution >= 0.6 is 23.2 Å². The van der Waals surface area contributed by atoms with Crippen LogP contribution in [0.4, 0.5) is 5.82 Å². The summed E-state index contributed by atoms with van der Waals surface area (Å²) in [5, 5.41) is 8.81. The Kier molecular flexibility index (Phi) is 7.24. The van der Waals surface area contributed by atoms with Gasteiger partial charge >= 0.3 is 0 Å². The van der Waals surface area contributed by atoms with Crippen molar-refractivity contribution in [2.45, 2.75) is 44.2 Å². The highest BCUT2D eigenvalue weighted by Crippen LogP contribution is 2.29. The van der Waals surface area contributed by atoms with Crippen LogP contribution in [0, 0.1) is 0 Å². The molecule has 1 aromatic carbocycles. The summed E-state index contributed by atoms with van der Waals surface area (Å²) in [5.74, 6) is 0.989. The molecule has 6 nitrogen and oxygen atoms in total. The lowest BCUT2D eigenvalue weighted by atomic mass is 9.93. The first-order valence-corrected chi connectivity index (χ1v) is 12.7. The molecule has 8 heteroatoms. The highest BCUT2D eigenvalue weighted by molar-refractivity contribution is 6.42. The van der Waals surface area contributed by atoms with Crippen molar-refractivity contribution in [2.75, 3.05) is 57.3 Å². The van der Waals surface area contributed by atoms with Gasteiger partial charge in [-0.2, -0.15) is 5.10 Å². The molecule has 0 radical (unpaired) electrons. The molecule has 2 aliphatic heterocycles. The van der Waals surface area contributed by atoms with E-state index in [-0.39, 0.29) is 0 Å². The third kappa shape index (κ3) is 5.26. The van der Waals surface area contributed by atoms with E-state index in [1.54, 1.807) is 0 Å².